The predicted octanol–water partition coefficient (Wildman–Crippen LogP) is 3.48. The zero-order valence-corrected chi connectivity index (χ0v) is 17.6. The second kappa shape index (κ2) is 8.64. The summed E-state index contributed by atoms with van der Waals surface area (Å²) in [5.74, 6) is 0.269. The van der Waals surface area contributed by atoms with Crippen molar-refractivity contribution in [2.45, 2.75) is 31.8 Å². The summed E-state index contributed by atoms with van der Waals surface area (Å²) in [4.78, 5) is 13.2. The van der Waals surface area contributed by atoms with Crippen LogP contribution >= 0.6 is 0 Å². The zero-order valence-electron chi connectivity index (χ0n) is 17.6. The van der Waals surface area contributed by atoms with Gasteiger partial charge in [-0.25, -0.2) is 0 Å². The van der Waals surface area contributed by atoms with E-state index in [2.05, 4.69) is 43.9 Å². The quantitative estimate of drug-likeness (QED) is 0.655. The monoisotopic (exact) mass is 421 g/mol. The Morgan fingerprint density at radius 1 is 1.16 bits per heavy atom. The molecule has 2 N–H and O–H groups in total. The molecule has 31 heavy (non-hydrogen) atoms. The minimum absolute atomic E-state index is 0.00358. The maximum absolute atomic E-state index is 11.3. The molecule has 2 aliphatic heterocycles. The van der Waals surface area contributed by atoms with E-state index in [1.54, 1.807) is 18.6 Å². The molecule has 3 aromatic rings. The van der Waals surface area contributed by atoms with Crippen LogP contribution in [0, 0.1) is 0 Å². The second-order valence-electron chi connectivity index (χ2n) is 8.02. The molecule has 4 heterocycles. The molecule has 0 saturated carbocycles. The third kappa shape index (κ3) is 3.88. The van der Waals surface area contributed by atoms with Gasteiger partial charge >= 0.3 is 0 Å². The molecule has 5 rings (SSSR count). The molecular formula is C23H27N5O3. The summed E-state index contributed by atoms with van der Waals surface area (Å²) < 4.78 is 13.2. The third-order valence-electron chi connectivity index (χ3n) is 6.01. The molecule has 0 bridgehead atoms. The van der Waals surface area contributed by atoms with Crippen LogP contribution in [0.4, 0.5) is 5.69 Å². The van der Waals surface area contributed by atoms with E-state index in [0.29, 0.717) is 33.0 Å². The Kier molecular flexibility index (Phi) is 5.57. The molecule has 2 aliphatic rings. The molecule has 8 heteroatoms. The number of benzene rings is 1. The van der Waals surface area contributed by atoms with Crippen LogP contribution in [0.3, 0.4) is 0 Å². The van der Waals surface area contributed by atoms with Gasteiger partial charge in [0.05, 0.1) is 54.5 Å². The lowest BCUT2D eigenvalue weighted by Gasteiger charge is -2.25. The van der Waals surface area contributed by atoms with Crippen molar-refractivity contribution >= 4 is 22.3 Å². The highest BCUT2D eigenvalue weighted by molar-refractivity contribution is 6.14. The lowest BCUT2D eigenvalue weighted by molar-refractivity contribution is 0.0688. The lowest BCUT2D eigenvalue weighted by Crippen LogP contribution is -2.20. The van der Waals surface area contributed by atoms with Crippen molar-refractivity contribution in [2.75, 3.05) is 38.3 Å². The van der Waals surface area contributed by atoms with Crippen molar-refractivity contribution in [3.8, 4) is 5.88 Å². The number of hydrogen-bond donors (Lipinski definition) is 2. The maximum Gasteiger partial charge on any atom is 0.201 e. The van der Waals surface area contributed by atoms with Gasteiger partial charge < -0.3 is 24.5 Å². The number of nitrogens with one attached hydrogen (secondary N) is 1. The average molecular weight is 422 g/mol. The highest BCUT2D eigenvalue weighted by atomic mass is 16.5. The standard InChI is InChI=1S/C23H27N5O3/c1-15(19-13-24-6-7-25-19)27-16-2-3-21-18(12-16)22(20-14-31-11-8-26-20)23(29)28(21)17-4-9-30-10-5-17/h2-3,6-7,12-13,15,17,27,29H,4-5,8-11,14H2,1H3. The summed E-state index contributed by atoms with van der Waals surface area (Å²) in [7, 11) is 0. The van der Waals surface area contributed by atoms with Gasteiger partial charge in [-0.05, 0) is 38.0 Å². The summed E-state index contributed by atoms with van der Waals surface area (Å²) in [6.07, 6.45) is 6.89. The molecule has 8 nitrogen and oxygen atoms in total. The molecule has 1 saturated heterocycles. The van der Waals surface area contributed by atoms with Crippen LogP contribution in [-0.4, -0.2) is 58.3 Å². The first-order valence-electron chi connectivity index (χ1n) is 10.8. The van der Waals surface area contributed by atoms with Gasteiger partial charge in [0.1, 0.15) is 0 Å². The maximum atomic E-state index is 11.3. The Balaban J connectivity index is 1.58. The Labute approximate surface area is 180 Å². The number of ether oxygens (including phenoxy) is 2. The van der Waals surface area contributed by atoms with Gasteiger partial charge in [-0.3, -0.25) is 15.0 Å². The van der Waals surface area contributed by atoms with Crippen molar-refractivity contribution in [2.24, 2.45) is 4.99 Å². The smallest absolute Gasteiger partial charge is 0.201 e. The van der Waals surface area contributed by atoms with Gasteiger partial charge in [0.15, 0.2) is 0 Å². The van der Waals surface area contributed by atoms with Gasteiger partial charge in [0.2, 0.25) is 5.88 Å². The molecule has 1 unspecified atom stereocenters. The van der Waals surface area contributed by atoms with E-state index in [1.165, 1.54) is 0 Å². The first kappa shape index (κ1) is 20.0. The fourth-order valence-corrected chi connectivity index (χ4v) is 4.46. The normalized spacial score (nSPS) is 18.7. The summed E-state index contributed by atoms with van der Waals surface area (Å²) >= 11 is 0. The number of hydrogen-bond acceptors (Lipinski definition) is 7. The summed E-state index contributed by atoms with van der Waals surface area (Å²) in [6.45, 7) is 5.11. The van der Waals surface area contributed by atoms with Gasteiger partial charge in [0.25, 0.3) is 0 Å². The van der Waals surface area contributed by atoms with Crippen LogP contribution in [0.2, 0.25) is 0 Å². The van der Waals surface area contributed by atoms with Gasteiger partial charge in [-0.15, -0.1) is 0 Å². The van der Waals surface area contributed by atoms with E-state index >= 15 is 0 Å². The van der Waals surface area contributed by atoms with Crippen molar-refractivity contribution < 1.29 is 14.6 Å². The van der Waals surface area contributed by atoms with Crippen molar-refractivity contribution in [1.82, 2.24) is 14.5 Å². The molecule has 1 fully saturated rings. The molecule has 0 aliphatic carbocycles. The van der Waals surface area contributed by atoms with Crippen LogP contribution in [0.15, 0.2) is 41.8 Å². The predicted molar refractivity (Wildman–Crippen MR) is 119 cm³/mol. The number of aromatic hydroxyl groups is 1. The lowest BCUT2D eigenvalue weighted by atomic mass is 10.1. The molecular weight excluding hydrogens is 394 g/mol. The average Bonchev–Trinajstić information content (AvgIpc) is 3.11. The number of aromatic nitrogens is 3. The molecule has 0 spiro atoms. The molecule has 1 aromatic carbocycles. The van der Waals surface area contributed by atoms with Crippen molar-refractivity contribution in [3.63, 3.8) is 0 Å². The minimum Gasteiger partial charge on any atom is -0.494 e. The third-order valence-corrected chi connectivity index (χ3v) is 6.01. The topological polar surface area (TPSA) is 93.8 Å². The fourth-order valence-electron chi connectivity index (χ4n) is 4.46. The van der Waals surface area contributed by atoms with E-state index in [0.717, 1.165) is 46.4 Å². The zero-order chi connectivity index (χ0) is 21.2. The van der Waals surface area contributed by atoms with Crippen LogP contribution in [0.5, 0.6) is 5.88 Å². The molecule has 0 amide bonds. The first-order valence-corrected chi connectivity index (χ1v) is 10.8. The Bertz CT molecular complexity index is 1090. The number of anilines is 1. The van der Waals surface area contributed by atoms with E-state index in [-0.39, 0.29) is 18.0 Å². The Morgan fingerprint density at radius 2 is 2.03 bits per heavy atom. The number of nitrogens with zero attached hydrogens (tertiary/aromatic N) is 4. The minimum atomic E-state index is -0.00358. The van der Waals surface area contributed by atoms with Crippen LogP contribution in [0.1, 0.15) is 43.1 Å². The summed E-state index contributed by atoms with van der Waals surface area (Å²) in [5, 5.41) is 15.8. The van der Waals surface area contributed by atoms with E-state index in [1.807, 2.05) is 6.07 Å². The van der Waals surface area contributed by atoms with Crippen LogP contribution < -0.4 is 5.32 Å². The van der Waals surface area contributed by atoms with Gasteiger partial charge in [-0.1, -0.05) is 0 Å². The Hall–Kier alpha value is -2.97. The number of fused-ring (bicyclic) bond motifs is 1. The second-order valence-corrected chi connectivity index (χ2v) is 8.02. The van der Waals surface area contributed by atoms with E-state index in [9.17, 15) is 5.11 Å². The highest BCUT2D eigenvalue weighted by Crippen LogP contribution is 2.39. The van der Waals surface area contributed by atoms with Gasteiger partial charge in [0, 0.05) is 42.7 Å². The van der Waals surface area contributed by atoms with Crippen LogP contribution in [0.25, 0.3) is 10.9 Å². The first-order chi connectivity index (χ1) is 15.2. The molecule has 0 radical (unpaired) electrons. The van der Waals surface area contributed by atoms with E-state index in [4.69, 9.17) is 9.47 Å². The van der Waals surface area contributed by atoms with Crippen molar-refractivity contribution in [3.05, 3.63) is 48.0 Å². The SMILES string of the molecule is CC(Nc1ccc2c(c1)c(C1=NCCOC1)c(O)n2C1CCOCC1)c1cnccn1. The molecule has 2 aromatic heterocycles. The van der Waals surface area contributed by atoms with E-state index < -0.39 is 0 Å². The summed E-state index contributed by atoms with van der Waals surface area (Å²) in [5.41, 5.74) is 4.41. The van der Waals surface area contributed by atoms with Crippen molar-refractivity contribution in [1.29, 1.82) is 0 Å². The summed E-state index contributed by atoms with van der Waals surface area (Å²) in [6, 6.07) is 6.41. The molecule has 162 valence electrons. The van der Waals surface area contributed by atoms with Gasteiger partial charge in [-0.2, -0.15) is 0 Å². The fraction of sp³-hybridized carbons (Fsp3) is 0.435. The molecule has 1 atom stereocenters. The van der Waals surface area contributed by atoms with Crippen LogP contribution in [-0.2, 0) is 9.47 Å². The Morgan fingerprint density at radius 3 is 2.77 bits per heavy atom. The number of aliphatic imine (C=N–C) groups is 1. The highest BCUT2D eigenvalue weighted by Gasteiger charge is 2.27. The largest absolute Gasteiger partial charge is 0.494 e. The number of rotatable bonds is 5.